The van der Waals surface area contributed by atoms with E-state index in [0.717, 1.165) is 11.9 Å². The van der Waals surface area contributed by atoms with Gasteiger partial charge >= 0.3 is 0 Å². The Balaban J connectivity index is 2.22. The van der Waals surface area contributed by atoms with Gasteiger partial charge in [-0.25, -0.2) is 13.1 Å². The first-order valence-electron chi connectivity index (χ1n) is 6.28. The van der Waals surface area contributed by atoms with Crippen LogP contribution in [0.25, 0.3) is 0 Å². The highest BCUT2D eigenvalue weighted by atomic mass is 32.2. The Kier molecular flexibility index (Phi) is 6.46. The normalized spacial score (nSPS) is 12.4. The Labute approximate surface area is 119 Å². The van der Waals surface area contributed by atoms with Crippen LogP contribution >= 0.6 is 0 Å². The molecular formula is C11H22N6O2S. The number of aromatic nitrogens is 2. The van der Waals surface area contributed by atoms with Crippen LogP contribution in [0, 0.1) is 0 Å². The monoisotopic (exact) mass is 302 g/mol. The van der Waals surface area contributed by atoms with Crippen LogP contribution in [0.15, 0.2) is 17.3 Å². The summed E-state index contributed by atoms with van der Waals surface area (Å²) >= 11 is 0. The molecule has 0 aliphatic heterocycles. The first-order valence-corrected chi connectivity index (χ1v) is 8.17. The van der Waals surface area contributed by atoms with Gasteiger partial charge in [-0.05, 0) is 12.5 Å². The number of rotatable bonds is 7. The molecule has 0 bridgehead atoms. The van der Waals surface area contributed by atoms with E-state index in [1.807, 2.05) is 13.1 Å². The quantitative estimate of drug-likeness (QED) is 0.342. The average molecular weight is 302 g/mol. The van der Waals surface area contributed by atoms with Gasteiger partial charge < -0.3 is 10.6 Å². The maximum absolute atomic E-state index is 10.9. The molecule has 3 N–H and O–H groups in total. The minimum atomic E-state index is -3.11. The molecule has 1 heterocycles. The van der Waals surface area contributed by atoms with Gasteiger partial charge in [0, 0.05) is 33.4 Å². The van der Waals surface area contributed by atoms with E-state index in [9.17, 15) is 8.42 Å². The van der Waals surface area contributed by atoms with Crippen molar-refractivity contribution < 1.29 is 8.42 Å². The van der Waals surface area contributed by atoms with Gasteiger partial charge in [0.25, 0.3) is 0 Å². The molecule has 1 aromatic rings. The van der Waals surface area contributed by atoms with E-state index in [4.69, 9.17) is 0 Å². The molecule has 20 heavy (non-hydrogen) atoms. The molecule has 9 heteroatoms. The lowest BCUT2D eigenvalue weighted by Gasteiger charge is -2.12. The largest absolute Gasteiger partial charge is 0.356 e. The second kappa shape index (κ2) is 7.85. The van der Waals surface area contributed by atoms with Gasteiger partial charge in [-0.2, -0.15) is 5.10 Å². The molecule has 0 aliphatic carbocycles. The van der Waals surface area contributed by atoms with E-state index in [2.05, 4.69) is 25.4 Å². The summed E-state index contributed by atoms with van der Waals surface area (Å²) in [7, 11) is 0.459. The number of hydrogen-bond donors (Lipinski definition) is 3. The molecule has 0 saturated heterocycles. The molecule has 0 atom stereocenters. The minimum absolute atomic E-state index is 0.407. The van der Waals surface area contributed by atoms with E-state index in [1.54, 1.807) is 17.9 Å². The van der Waals surface area contributed by atoms with Crippen LogP contribution in [0.2, 0.25) is 0 Å². The Hall–Kier alpha value is -1.61. The van der Waals surface area contributed by atoms with Crippen molar-refractivity contribution in [3.8, 4) is 0 Å². The zero-order valence-electron chi connectivity index (χ0n) is 12.0. The number of guanidine groups is 1. The lowest BCUT2D eigenvalue weighted by Crippen LogP contribution is -2.38. The lowest BCUT2D eigenvalue weighted by molar-refractivity contribution is 0.584. The highest BCUT2D eigenvalue weighted by Gasteiger charge is 2.02. The number of nitrogens with one attached hydrogen (secondary N) is 3. The predicted octanol–water partition coefficient (Wildman–Crippen LogP) is -0.976. The van der Waals surface area contributed by atoms with Crippen LogP contribution < -0.4 is 15.4 Å². The molecule has 0 saturated carbocycles. The number of nitrogens with zero attached hydrogens (tertiary/aromatic N) is 3. The maximum Gasteiger partial charge on any atom is 0.208 e. The van der Waals surface area contributed by atoms with E-state index >= 15 is 0 Å². The van der Waals surface area contributed by atoms with Crippen molar-refractivity contribution in [3.63, 3.8) is 0 Å². The fraction of sp³-hybridized carbons (Fsp3) is 0.636. The average Bonchev–Trinajstić information content (AvgIpc) is 2.77. The van der Waals surface area contributed by atoms with Gasteiger partial charge in [-0.1, -0.05) is 0 Å². The van der Waals surface area contributed by atoms with Gasteiger partial charge in [0.05, 0.1) is 18.5 Å². The van der Waals surface area contributed by atoms with E-state index in [0.29, 0.717) is 32.0 Å². The van der Waals surface area contributed by atoms with Crippen LogP contribution in [0.4, 0.5) is 0 Å². The van der Waals surface area contributed by atoms with Crippen molar-refractivity contribution in [1.82, 2.24) is 25.1 Å². The molecule has 114 valence electrons. The third-order valence-corrected chi connectivity index (χ3v) is 3.32. The number of aryl methyl sites for hydroxylation is 1. The highest BCUT2D eigenvalue weighted by Crippen LogP contribution is 1.94. The van der Waals surface area contributed by atoms with Crippen LogP contribution in [-0.2, 0) is 23.6 Å². The van der Waals surface area contributed by atoms with E-state index < -0.39 is 10.0 Å². The second-order valence-electron chi connectivity index (χ2n) is 4.32. The summed E-state index contributed by atoms with van der Waals surface area (Å²) in [6.07, 6.45) is 3.57. The zero-order valence-corrected chi connectivity index (χ0v) is 12.9. The smallest absolute Gasteiger partial charge is 0.208 e. The van der Waals surface area contributed by atoms with Crippen molar-refractivity contribution in [2.75, 3.05) is 26.4 Å². The van der Waals surface area contributed by atoms with Gasteiger partial charge in [0.2, 0.25) is 10.0 Å². The summed E-state index contributed by atoms with van der Waals surface area (Å²) in [4.78, 5) is 4.09. The van der Waals surface area contributed by atoms with E-state index in [-0.39, 0.29) is 0 Å². The maximum atomic E-state index is 10.9. The molecule has 0 radical (unpaired) electrons. The molecule has 1 aromatic heterocycles. The van der Waals surface area contributed by atoms with E-state index in [1.165, 1.54) is 0 Å². The first-order chi connectivity index (χ1) is 9.42. The molecule has 0 fully saturated rings. The lowest BCUT2D eigenvalue weighted by atomic mass is 10.4. The standard InChI is InChI=1S/C11H22N6O2S/c1-12-11(13-6-4-7-16-20(3,18)19)14-9-10-5-8-15-17(10)2/h5,8,16H,4,6-7,9H2,1-3H3,(H2,12,13,14). The summed E-state index contributed by atoms with van der Waals surface area (Å²) in [5, 5.41) is 10.4. The van der Waals surface area contributed by atoms with Gasteiger partial charge in [0.1, 0.15) is 0 Å². The second-order valence-corrected chi connectivity index (χ2v) is 6.15. The zero-order chi connectivity index (χ0) is 15.0. The molecule has 0 amide bonds. The highest BCUT2D eigenvalue weighted by molar-refractivity contribution is 7.88. The van der Waals surface area contributed by atoms with Crippen molar-refractivity contribution in [2.45, 2.75) is 13.0 Å². The third-order valence-electron chi connectivity index (χ3n) is 2.59. The molecule has 0 aliphatic rings. The fourth-order valence-corrected chi connectivity index (χ4v) is 2.04. The van der Waals surface area contributed by atoms with Crippen molar-refractivity contribution in [2.24, 2.45) is 12.0 Å². The fourth-order valence-electron chi connectivity index (χ4n) is 1.52. The van der Waals surface area contributed by atoms with Crippen LogP contribution in [0.1, 0.15) is 12.1 Å². The SMILES string of the molecule is CN=C(NCCCNS(C)(=O)=O)NCc1ccnn1C. The molecule has 0 unspecified atom stereocenters. The Morgan fingerprint density at radius 3 is 2.70 bits per heavy atom. The number of sulfonamides is 1. The van der Waals surface area contributed by atoms with Gasteiger partial charge in [-0.3, -0.25) is 9.67 Å². The molecular weight excluding hydrogens is 280 g/mol. The first kappa shape index (κ1) is 16.4. The Morgan fingerprint density at radius 1 is 1.40 bits per heavy atom. The number of aliphatic imine (C=N–C) groups is 1. The molecule has 8 nitrogen and oxygen atoms in total. The molecule has 1 rings (SSSR count). The Morgan fingerprint density at radius 2 is 2.15 bits per heavy atom. The summed E-state index contributed by atoms with van der Waals surface area (Å²) < 4.78 is 26.0. The summed E-state index contributed by atoms with van der Waals surface area (Å²) in [6, 6.07) is 1.93. The van der Waals surface area contributed by atoms with Crippen LogP contribution in [0.3, 0.4) is 0 Å². The number of hydrogen-bond acceptors (Lipinski definition) is 4. The topological polar surface area (TPSA) is 100 Å². The summed E-state index contributed by atoms with van der Waals surface area (Å²) in [6.45, 7) is 1.66. The van der Waals surface area contributed by atoms with Crippen LogP contribution in [-0.4, -0.2) is 50.6 Å². The van der Waals surface area contributed by atoms with Crippen molar-refractivity contribution in [1.29, 1.82) is 0 Å². The van der Waals surface area contributed by atoms with Crippen molar-refractivity contribution >= 4 is 16.0 Å². The van der Waals surface area contributed by atoms with Crippen LogP contribution in [0.5, 0.6) is 0 Å². The van der Waals surface area contributed by atoms with Gasteiger partial charge in [-0.15, -0.1) is 0 Å². The summed E-state index contributed by atoms with van der Waals surface area (Å²) in [5.74, 6) is 0.672. The molecule has 0 spiro atoms. The molecule has 0 aromatic carbocycles. The third kappa shape index (κ3) is 6.53. The Bertz CT molecular complexity index is 537. The van der Waals surface area contributed by atoms with Gasteiger partial charge in [0.15, 0.2) is 5.96 Å². The predicted molar refractivity (Wildman–Crippen MR) is 78.9 cm³/mol. The van der Waals surface area contributed by atoms with Crippen molar-refractivity contribution in [3.05, 3.63) is 18.0 Å². The minimum Gasteiger partial charge on any atom is -0.356 e. The summed E-state index contributed by atoms with van der Waals surface area (Å²) in [5.41, 5.74) is 1.05.